The summed E-state index contributed by atoms with van der Waals surface area (Å²) in [6, 6.07) is 20.0. The van der Waals surface area contributed by atoms with Gasteiger partial charge in [0.15, 0.2) is 5.69 Å². The summed E-state index contributed by atoms with van der Waals surface area (Å²) in [5.41, 5.74) is 3.55. The zero-order valence-electron chi connectivity index (χ0n) is 15.7. The number of benzene rings is 2. The van der Waals surface area contributed by atoms with E-state index in [0.717, 1.165) is 16.9 Å². The van der Waals surface area contributed by atoms with E-state index in [4.69, 9.17) is 4.74 Å². The lowest BCUT2D eigenvalue weighted by Crippen LogP contribution is -2.18. The van der Waals surface area contributed by atoms with Crippen LogP contribution in [0, 0.1) is 5.82 Å². The van der Waals surface area contributed by atoms with E-state index < -0.39 is 6.23 Å². The van der Waals surface area contributed by atoms with E-state index >= 15 is 0 Å². The number of thioether (sulfide) groups is 1. The number of hydrogen-bond acceptors (Lipinski definition) is 7. The minimum Gasteiger partial charge on any atom is -0.446 e. The van der Waals surface area contributed by atoms with Crippen molar-refractivity contribution < 1.29 is 9.13 Å². The van der Waals surface area contributed by atoms with E-state index in [1.807, 2.05) is 42.5 Å². The first-order valence-electron chi connectivity index (χ1n) is 9.32. The predicted octanol–water partition coefficient (Wildman–Crippen LogP) is 4.87. The summed E-state index contributed by atoms with van der Waals surface area (Å²) in [5.74, 6) is 0.498. The molecule has 1 N–H and O–H groups in total. The Morgan fingerprint density at radius 2 is 1.80 bits per heavy atom. The van der Waals surface area contributed by atoms with Crippen LogP contribution in [-0.4, -0.2) is 20.2 Å². The quantitative estimate of drug-likeness (QED) is 0.475. The van der Waals surface area contributed by atoms with Crippen molar-refractivity contribution in [1.82, 2.24) is 20.2 Å². The molecule has 6 nitrogen and oxygen atoms in total. The summed E-state index contributed by atoms with van der Waals surface area (Å²) in [6.07, 6.45) is 1.18. The number of hydrogen-bond donors (Lipinski definition) is 1. The molecular formula is C22H16FN5OS. The van der Waals surface area contributed by atoms with Crippen LogP contribution >= 0.6 is 11.8 Å². The van der Waals surface area contributed by atoms with Crippen molar-refractivity contribution >= 4 is 17.4 Å². The molecular weight excluding hydrogens is 401 g/mol. The minimum absolute atomic E-state index is 0.252. The van der Waals surface area contributed by atoms with E-state index in [1.165, 1.54) is 17.8 Å². The molecule has 0 saturated carbocycles. The topological polar surface area (TPSA) is 72.8 Å². The van der Waals surface area contributed by atoms with Gasteiger partial charge in [-0.05, 0) is 29.8 Å². The highest BCUT2D eigenvalue weighted by molar-refractivity contribution is 7.98. The summed E-state index contributed by atoms with van der Waals surface area (Å²) in [4.78, 5) is 8.97. The van der Waals surface area contributed by atoms with E-state index in [0.29, 0.717) is 28.0 Å². The largest absolute Gasteiger partial charge is 0.446 e. The molecule has 0 amide bonds. The van der Waals surface area contributed by atoms with Gasteiger partial charge in [-0.25, -0.2) is 4.39 Å². The molecule has 4 aromatic rings. The SMILES string of the molecule is Fc1ccccc1CSc1nnc2c(n1)OC(c1ccccn1)Nc1ccccc1-2. The molecule has 8 heteroatoms. The minimum atomic E-state index is -0.533. The average molecular weight is 417 g/mol. The maximum atomic E-state index is 13.9. The van der Waals surface area contributed by atoms with Crippen LogP contribution in [0.2, 0.25) is 0 Å². The molecule has 0 bridgehead atoms. The molecule has 148 valence electrons. The van der Waals surface area contributed by atoms with Crippen LogP contribution in [-0.2, 0) is 5.75 Å². The molecule has 0 saturated heterocycles. The van der Waals surface area contributed by atoms with Gasteiger partial charge in [-0.15, -0.1) is 10.2 Å². The fourth-order valence-electron chi connectivity index (χ4n) is 3.13. The predicted molar refractivity (Wildman–Crippen MR) is 112 cm³/mol. The lowest BCUT2D eigenvalue weighted by Gasteiger charge is -2.18. The monoisotopic (exact) mass is 417 g/mol. The van der Waals surface area contributed by atoms with E-state index in [9.17, 15) is 4.39 Å². The van der Waals surface area contributed by atoms with Gasteiger partial charge in [-0.1, -0.05) is 54.2 Å². The van der Waals surface area contributed by atoms with Gasteiger partial charge >= 0.3 is 0 Å². The summed E-state index contributed by atoms with van der Waals surface area (Å²) < 4.78 is 20.1. The normalized spacial score (nSPS) is 14.6. The van der Waals surface area contributed by atoms with Gasteiger partial charge in [0.1, 0.15) is 11.5 Å². The van der Waals surface area contributed by atoms with Crippen molar-refractivity contribution in [3.63, 3.8) is 0 Å². The maximum Gasteiger partial charge on any atom is 0.247 e. The van der Waals surface area contributed by atoms with Gasteiger partial charge in [-0.2, -0.15) is 4.98 Å². The fraction of sp³-hybridized carbons (Fsp3) is 0.0909. The summed E-state index contributed by atoms with van der Waals surface area (Å²) in [7, 11) is 0. The summed E-state index contributed by atoms with van der Waals surface area (Å²) >= 11 is 1.30. The number of nitrogens with one attached hydrogen (secondary N) is 1. The van der Waals surface area contributed by atoms with Crippen LogP contribution in [0.3, 0.4) is 0 Å². The standard InChI is InChI=1S/C22H16FN5OS/c23-16-9-3-1-7-14(16)13-30-22-26-21-19(27-28-22)15-8-2-4-10-17(15)25-20(29-21)18-11-5-6-12-24-18/h1-12,20,25H,13H2. The van der Waals surface area contributed by atoms with Gasteiger partial charge in [0.05, 0.1) is 0 Å². The Morgan fingerprint density at radius 3 is 2.67 bits per heavy atom. The average Bonchev–Trinajstić information content (AvgIpc) is 2.96. The highest BCUT2D eigenvalue weighted by Gasteiger charge is 2.26. The molecule has 0 aliphatic carbocycles. The molecule has 5 rings (SSSR count). The number of para-hydroxylation sites is 1. The number of nitrogens with zero attached hydrogens (tertiary/aromatic N) is 4. The van der Waals surface area contributed by atoms with Crippen LogP contribution in [0.15, 0.2) is 78.1 Å². The highest BCUT2D eigenvalue weighted by Crippen LogP contribution is 2.39. The van der Waals surface area contributed by atoms with Crippen molar-refractivity contribution in [3.05, 3.63) is 90.0 Å². The van der Waals surface area contributed by atoms with E-state index in [-0.39, 0.29) is 5.82 Å². The first-order valence-corrected chi connectivity index (χ1v) is 10.3. The second kappa shape index (κ2) is 8.08. The van der Waals surface area contributed by atoms with Crippen LogP contribution in [0.25, 0.3) is 11.3 Å². The first-order chi connectivity index (χ1) is 14.8. The smallest absolute Gasteiger partial charge is 0.247 e. The zero-order chi connectivity index (χ0) is 20.3. The number of halogens is 1. The Morgan fingerprint density at radius 1 is 0.967 bits per heavy atom. The molecule has 0 spiro atoms. The van der Waals surface area contributed by atoms with Crippen LogP contribution in [0.1, 0.15) is 17.5 Å². The third-order valence-corrected chi connectivity index (χ3v) is 5.49. The van der Waals surface area contributed by atoms with Crippen molar-refractivity contribution in [2.75, 3.05) is 5.32 Å². The van der Waals surface area contributed by atoms with E-state index in [2.05, 4.69) is 25.5 Å². The Hall–Kier alpha value is -3.52. The third kappa shape index (κ3) is 3.69. The van der Waals surface area contributed by atoms with Gasteiger partial charge in [0.2, 0.25) is 17.3 Å². The molecule has 1 aliphatic heterocycles. The lowest BCUT2D eigenvalue weighted by molar-refractivity contribution is 0.220. The summed E-state index contributed by atoms with van der Waals surface area (Å²) in [6.45, 7) is 0. The Labute approximate surface area is 176 Å². The van der Waals surface area contributed by atoms with Crippen molar-refractivity contribution in [3.8, 4) is 17.1 Å². The maximum absolute atomic E-state index is 13.9. The van der Waals surface area contributed by atoms with Crippen LogP contribution in [0.4, 0.5) is 10.1 Å². The number of ether oxygens (including phenoxy) is 1. The van der Waals surface area contributed by atoms with Crippen LogP contribution in [0.5, 0.6) is 5.88 Å². The number of aromatic nitrogens is 4. The molecule has 2 aromatic heterocycles. The van der Waals surface area contributed by atoms with Gasteiger partial charge < -0.3 is 10.1 Å². The first kappa shape index (κ1) is 18.5. The number of pyridine rings is 1. The number of anilines is 1. The second-order valence-electron chi connectivity index (χ2n) is 6.57. The molecule has 2 aromatic carbocycles. The lowest BCUT2D eigenvalue weighted by atomic mass is 10.1. The molecule has 30 heavy (non-hydrogen) atoms. The Kier molecular flexibility index (Phi) is 4.98. The Bertz CT molecular complexity index is 1190. The van der Waals surface area contributed by atoms with Crippen LogP contribution < -0.4 is 10.1 Å². The molecule has 0 fully saturated rings. The highest BCUT2D eigenvalue weighted by atomic mass is 32.2. The number of fused-ring (bicyclic) bond motifs is 3. The zero-order valence-corrected chi connectivity index (χ0v) is 16.5. The molecule has 3 heterocycles. The fourth-order valence-corrected chi connectivity index (χ4v) is 3.90. The van der Waals surface area contributed by atoms with Gasteiger partial charge in [0, 0.05) is 23.2 Å². The molecule has 1 aliphatic rings. The van der Waals surface area contributed by atoms with E-state index in [1.54, 1.807) is 24.4 Å². The van der Waals surface area contributed by atoms with Gasteiger partial charge in [0.25, 0.3) is 0 Å². The van der Waals surface area contributed by atoms with Crippen molar-refractivity contribution in [2.45, 2.75) is 17.1 Å². The van der Waals surface area contributed by atoms with Crippen molar-refractivity contribution in [2.24, 2.45) is 0 Å². The van der Waals surface area contributed by atoms with Crippen molar-refractivity contribution in [1.29, 1.82) is 0 Å². The second-order valence-corrected chi connectivity index (χ2v) is 7.51. The third-order valence-electron chi connectivity index (χ3n) is 4.60. The molecule has 1 atom stereocenters. The Balaban J connectivity index is 1.49. The van der Waals surface area contributed by atoms with Gasteiger partial charge in [-0.3, -0.25) is 4.98 Å². The summed E-state index contributed by atoms with van der Waals surface area (Å²) in [5, 5.41) is 12.4. The number of rotatable bonds is 4. The molecule has 0 radical (unpaired) electrons. The molecule has 1 unspecified atom stereocenters.